The number of aromatic nitrogens is 4. The number of halogens is 1. The minimum absolute atomic E-state index is 0.341. The van der Waals surface area contributed by atoms with Crippen LogP contribution >= 0.6 is 0 Å². The lowest BCUT2D eigenvalue weighted by atomic mass is 10.1. The third-order valence-corrected chi connectivity index (χ3v) is 5.38. The number of fused-ring (bicyclic) bond motifs is 1. The van der Waals surface area contributed by atoms with Gasteiger partial charge in [0.2, 0.25) is 5.95 Å². The van der Waals surface area contributed by atoms with Crippen LogP contribution in [0.3, 0.4) is 0 Å². The average molecular weight is 471 g/mol. The molecule has 9 heteroatoms. The van der Waals surface area contributed by atoms with Crippen LogP contribution in [0.2, 0.25) is 0 Å². The second kappa shape index (κ2) is 9.68. The summed E-state index contributed by atoms with van der Waals surface area (Å²) in [5.41, 5.74) is 8.69. The molecule has 0 amide bonds. The van der Waals surface area contributed by atoms with E-state index in [-0.39, 0.29) is 5.82 Å². The number of anilines is 2. The van der Waals surface area contributed by atoms with Gasteiger partial charge < -0.3 is 20.5 Å². The maximum atomic E-state index is 14.1. The molecule has 0 aliphatic heterocycles. The number of nitrogens with one attached hydrogen (secondary N) is 1. The van der Waals surface area contributed by atoms with Gasteiger partial charge in [-0.25, -0.2) is 14.1 Å². The van der Waals surface area contributed by atoms with Crippen LogP contribution in [-0.4, -0.2) is 40.0 Å². The highest BCUT2D eigenvalue weighted by Crippen LogP contribution is 2.33. The third-order valence-electron chi connectivity index (χ3n) is 5.38. The SMILES string of the molecule is COc1ccc(-n2nc3nc(NCCOc4ccccc4)nc(-c4cccc(F)c4)c3c2N)cc1. The van der Waals surface area contributed by atoms with Crippen molar-refractivity contribution in [2.24, 2.45) is 0 Å². The largest absolute Gasteiger partial charge is 0.497 e. The molecule has 2 heterocycles. The standard InChI is InChI=1S/C26H23FN6O2/c1-34-20-12-10-19(11-13-20)33-24(28)22-23(17-6-5-7-18(27)16-17)30-26(31-25(22)32-33)29-14-15-35-21-8-3-2-4-9-21/h2-13,16H,14-15,28H2,1H3,(H,29,31,32). The Morgan fingerprint density at radius 1 is 0.943 bits per heavy atom. The first-order valence-electron chi connectivity index (χ1n) is 11.0. The number of para-hydroxylation sites is 1. The van der Waals surface area contributed by atoms with Gasteiger partial charge in [-0.3, -0.25) is 0 Å². The molecule has 0 aliphatic rings. The lowest BCUT2D eigenvalue weighted by molar-refractivity contribution is 0.332. The van der Waals surface area contributed by atoms with Crippen molar-refractivity contribution in [2.45, 2.75) is 0 Å². The predicted molar refractivity (Wildman–Crippen MR) is 133 cm³/mol. The normalized spacial score (nSPS) is 10.9. The van der Waals surface area contributed by atoms with Gasteiger partial charge in [0.15, 0.2) is 5.65 Å². The maximum absolute atomic E-state index is 14.1. The summed E-state index contributed by atoms with van der Waals surface area (Å²) in [6, 6.07) is 23.1. The second-order valence-corrected chi connectivity index (χ2v) is 7.69. The third kappa shape index (κ3) is 4.70. The van der Waals surface area contributed by atoms with Crippen LogP contribution in [0.15, 0.2) is 78.9 Å². The van der Waals surface area contributed by atoms with Crippen LogP contribution < -0.4 is 20.5 Å². The van der Waals surface area contributed by atoms with Gasteiger partial charge in [0.25, 0.3) is 0 Å². The zero-order chi connectivity index (χ0) is 24.2. The Bertz CT molecular complexity index is 1450. The van der Waals surface area contributed by atoms with Gasteiger partial charge in [0, 0.05) is 5.56 Å². The number of benzene rings is 3. The molecule has 8 nitrogen and oxygen atoms in total. The molecule has 0 radical (unpaired) electrons. The highest BCUT2D eigenvalue weighted by Gasteiger charge is 2.19. The van der Waals surface area contributed by atoms with Crippen LogP contribution in [-0.2, 0) is 0 Å². The summed E-state index contributed by atoms with van der Waals surface area (Å²) in [6.07, 6.45) is 0. The lowest BCUT2D eigenvalue weighted by Gasteiger charge is -2.10. The minimum Gasteiger partial charge on any atom is -0.497 e. The Kier molecular flexibility index (Phi) is 6.13. The Morgan fingerprint density at radius 3 is 2.49 bits per heavy atom. The van der Waals surface area contributed by atoms with Gasteiger partial charge in [-0.05, 0) is 48.5 Å². The Morgan fingerprint density at radius 2 is 1.74 bits per heavy atom. The molecule has 5 rings (SSSR count). The van der Waals surface area contributed by atoms with E-state index in [9.17, 15) is 4.39 Å². The number of rotatable bonds is 8. The zero-order valence-electron chi connectivity index (χ0n) is 19.0. The van der Waals surface area contributed by atoms with Gasteiger partial charge >= 0.3 is 0 Å². The van der Waals surface area contributed by atoms with E-state index in [1.807, 2.05) is 54.6 Å². The molecule has 3 N–H and O–H groups in total. The van der Waals surface area contributed by atoms with E-state index in [1.54, 1.807) is 23.9 Å². The van der Waals surface area contributed by atoms with Crippen molar-refractivity contribution >= 4 is 22.8 Å². The van der Waals surface area contributed by atoms with Crippen molar-refractivity contribution < 1.29 is 13.9 Å². The molecular weight excluding hydrogens is 447 g/mol. The van der Waals surface area contributed by atoms with E-state index in [2.05, 4.69) is 20.4 Å². The van der Waals surface area contributed by atoms with Crippen LogP contribution in [0.4, 0.5) is 16.2 Å². The molecule has 0 atom stereocenters. The highest BCUT2D eigenvalue weighted by molar-refractivity contribution is 5.99. The highest BCUT2D eigenvalue weighted by atomic mass is 19.1. The smallest absolute Gasteiger partial charge is 0.225 e. The molecule has 0 unspecified atom stereocenters. The molecule has 5 aromatic rings. The molecule has 3 aromatic carbocycles. The monoisotopic (exact) mass is 470 g/mol. The number of ether oxygens (including phenoxy) is 2. The summed E-state index contributed by atoms with van der Waals surface area (Å²) < 4.78 is 26.6. The van der Waals surface area contributed by atoms with Crippen molar-refractivity contribution in [3.63, 3.8) is 0 Å². The van der Waals surface area contributed by atoms with Gasteiger partial charge in [0.1, 0.15) is 29.7 Å². The quantitative estimate of drug-likeness (QED) is 0.317. The molecule has 176 valence electrons. The molecule has 35 heavy (non-hydrogen) atoms. The lowest BCUT2D eigenvalue weighted by Crippen LogP contribution is -2.13. The van der Waals surface area contributed by atoms with Crippen molar-refractivity contribution in [1.82, 2.24) is 19.7 Å². The minimum atomic E-state index is -0.374. The fourth-order valence-corrected chi connectivity index (χ4v) is 3.70. The Hall–Kier alpha value is -4.66. The molecule has 0 bridgehead atoms. The molecule has 0 saturated heterocycles. The number of hydrogen-bond acceptors (Lipinski definition) is 7. The van der Waals surface area contributed by atoms with Crippen molar-refractivity contribution in [2.75, 3.05) is 31.3 Å². The summed E-state index contributed by atoms with van der Waals surface area (Å²) in [5.74, 6) is 1.81. The number of nitrogens with two attached hydrogens (primary N) is 1. The average Bonchev–Trinajstić information content (AvgIpc) is 3.23. The van der Waals surface area contributed by atoms with Crippen molar-refractivity contribution in [3.05, 3.63) is 84.7 Å². The fourth-order valence-electron chi connectivity index (χ4n) is 3.70. The summed E-state index contributed by atoms with van der Waals surface area (Å²) >= 11 is 0. The van der Waals surface area contributed by atoms with Crippen LogP contribution in [0, 0.1) is 5.82 Å². The second-order valence-electron chi connectivity index (χ2n) is 7.69. The van der Waals surface area contributed by atoms with Crippen molar-refractivity contribution in [1.29, 1.82) is 0 Å². The van der Waals surface area contributed by atoms with Crippen LogP contribution in [0.1, 0.15) is 0 Å². The number of hydrogen-bond donors (Lipinski definition) is 2. The first-order chi connectivity index (χ1) is 17.1. The summed E-state index contributed by atoms with van der Waals surface area (Å²) in [6.45, 7) is 0.862. The molecule has 0 aliphatic carbocycles. The van der Waals surface area contributed by atoms with E-state index in [1.165, 1.54) is 12.1 Å². The fraction of sp³-hybridized carbons (Fsp3) is 0.115. The van der Waals surface area contributed by atoms with Gasteiger partial charge in [0.05, 0.1) is 30.4 Å². The van der Waals surface area contributed by atoms with Crippen molar-refractivity contribution in [3.8, 4) is 28.4 Å². The first-order valence-corrected chi connectivity index (χ1v) is 11.0. The summed E-state index contributed by atoms with van der Waals surface area (Å²) in [4.78, 5) is 9.22. The van der Waals surface area contributed by atoms with E-state index >= 15 is 0 Å². The molecular formula is C26H23FN6O2. The van der Waals surface area contributed by atoms with E-state index < -0.39 is 0 Å². The Labute approximate surface area is 201 Å². The van der Waals surface area contributed by atoms with Crippen LogP contribution in [0.25, 0.3) is 28.0 Å². The number of nitrogen functional groups attached to an aromatic ring is 1. The van der Waals surface area contributed by atoms with E-state index in [0.717, 1.165) is 11.4 Å². The molecule has 0 spiro atoms. The topological polar surface area (TPSA) is 100 Å². The molecule has 0 saturated carbocycles. The van der Waals surface area contributed by atoms with E-state index in [4.69, 9.17) is 15.2 Å². The summed E-state index contributed by atoms with van der Waals surface area (Å²) in [7, 11) is 1.60. The first kappa shape index (κ1) is 22.1. The zero-order valence-corrected chi connectivity index (χ0v) is 19.0. The summed E-state index contributed by atoms with van der Waals surface area (Å²) in [5, 5.41) is 8.32. The van der Waals surface area contributed by atoms with Gasteiger partial charge in [-0.2, -0.15) is 4.98 Å². The Balaban J connectivity index is 1.51. The van der Waals surface area contributed by atoms with Gasteiger partial charge in [-0.1, -0.05) is 30.3 Å². The maximum Gasteiger partial charge on any atom is 0.225 e. The van der Waals surface area contributed by atoms with Crippen LogP contribution in [0.5, 0.6) is 11.5 Å². The number of methoxy groups -OCH3 is 1. The molecule has 2 aromatic heterocycles. The van der Waals surface area contributed by atoms with Gasteiger partial charge in [-0.15, -0.1) is 5.10 Å². The van der Waals surface area contributed by atoms with E-state index in [0.29, 0.717) is 53.0 Å². The molecule has 0 fully saturated rings. The number of nitrogens with zero attached hydrogens (tertiary/aromatic N) is 4. The predicted octanol–water partition coefficient (Wildman–Crippen LogP) is 4.70.